The van der Waals surface area contributed by atoms with E-state index in [-0.39, 0.29) is 12.4 Å². The second-order valence-electron chi connectivity index (χ2n) is 6.31. The molecule has 0 fully saturated rings. The lowest BCUT2D eigenvalue weighted by Gasteiger charge is -2.09. The van der Waals surface area contributed by atoms with Gasteiger partial charge >= 0.3 is 5.91 Å². The highest BCUT2D eigenvalue weighted by Gasteiger charge is 2.14. The summed E-state index contributed by atoms with van der Waals surface area (Å²) < 4.78 is 12.9. The van der Waals surface area contributed by atoms with Crippen molar-refractivity contribution >= 4 is 65.7 Å². The summed E-state index contributed by atoms with van der Waals surface area (Å²) >= 11 is 6.85. The fourth-order valence-electron chi connectivity index (χ4n) is 3.05. The van der Waals surface area contributed by atoms with Crippen LogP contribution in [0.4, 0.5) is 0 Å². The lowest BCUT2D eigenvalue weighted by Crippen LogP contribution is -2.16. The minimum Gasteiger partial charge on any atom is -0.480 e. The normalized spacial score (nSPS) is 11.1. The Kier molecular flexibility index (Phi) is 5.88. The Bertz CT molecular complexity index is 1340. The summed E-state index contributed by atoms with van der Waals surface area (Å²) in [5.41, 5.74) is 3.82. The van der Waals surface area contributed by atoms with Gasteiger partial charge in [0, 0.05) is 15.4 Å². The number of amides is 1. The van der Waals surface area contributed by atoms with Crippen molar-refractivity contribution in [2.75, 3.05) is 6.61 Å². The van der Waals surface area contributed by atoms with E-state index in [9.17, 15) is 4.79 Å². The summed E-state index contributed by atoms with van der Waals surface area (Å²) in [6, 6.07) is 17.0. The fourth-order valence-corrected chi connectivity index (χ4v) is 4.39. The van der Waals surface area contributed by atoms with Gasteiger partial charge in [0.15, 0.2) is 5.76 Å². The van der Waals surface area contributed by atoms with Gasteiger partial charge in [-0.25, -0.2) is 5.43 Å². The van der Waals surface area contributed by atoms with E-state index in [0.29, 0.717) is 11.3 Å². The molecule has 3 aromatic carbocycles. The largest absolute Gasteiger partial charge is 0.480 e. The van der Waals surface area contributed by atoms with E-state index in [0.717, 1.165) is 30.7 Å². The Hall–Kier alpha value is -3.08. The van der Waals surface area contributed by atoms with E-state index in [2.05, 4.69) is 48.3 Å². The highest BCUT2D eigenvalue weighted by atomic mass is 79.9. The number of terminal acetylenes is 1. The second kappa shape index (κ2) is 8.74. The molecule has 0 spiro atoms. The van der Waals surface area contributed by atoms with Crippen molar-refractivity contribution in [1.29, 1.82) is 0 Å². The first-order chi connectivity index (χ1) is 14.6. The molecule has 0 saturated carbocycles. The molecule has 0 aliphatic carbocycles. The van der Waals surface area contributed by atoms with Crippen LogP contribution >= 0.6 is 31.9 Å². The van der Waals surface area contributed by atoms with Gasteiger partial charge < -0.3 is 9.15 Å². The predicted molar refractivity (Wildman–Crippen MR) is 125 cm³/mol. The smallest absolute Gasteiger partial charge is 0.307 e. The van der Waals surface area contributed by atoms with Crippen LogP contribution in [0.1, 0.15) is 16.1 Å². The Morgan fingerprint density at radius 2 is 2.00 bits per heavy atom. The van der Waals surface area contributed by atoms with Gasteiger partial charge in [0.25, 0.3) is 0 Å². The van der Waals surface area contributed by atoms with Gasteiger partial charge in [-0.2, -0.15) is 5.10 Å². The second-order valence-corrected chi connectivity index (χ2v) is 8.08. The summed E-state index contributed by atoms with van der Waals surface area (Å²) in [6.45, 7) is 0.134. The van der Waals surface area contributed by atoms with Gasteiger partial charge in [0.1, 0.15) is 17.9 Å². The van der Waals surface area contributed by atoms with E-state index >= 15 is 0 Å². The lowest BCUT2D eigenvalue weighted by atomic mass is 10.0. The molecule has 0 bridgehead atoms. The van der Waals surface area contributed by atoms with E-state index in [1.165, 1.54) is 0 Å². The molecule has 5 nitrogen and oxygen atoms in total. The van der Waals surface area contributed by atoms with Gasteiger partial charge in [-0.3, -0.25) is 4.79 Å². The minimum atomic E-state index is -0.461. The van der Waals surface area contributed by atoms with E-state index in [1.54, 1.807) is 12.3 Å². The highest BCUT2D eigenvalue weighted by Crippen LogP contribution is 2.31. The zero-order valence-corrected chi connectivity index (χ0v) is 18.7. The summed E-state index contributed by atoms with van der Waals surface area (Å²) in [4.78, 5) is 12.5. The van der Waals surface area contributed by atoms with Crippen molar-refractivity contribution < 1.29 is 13.9 Å². The Morgan fingerprint density at radius 3 is 2.83 bits per heavy atom. The van der Waals surface area contributed by atoms with Crippen LogP contribution in [0, 0.1) is 12.3 Å². The first-order valence-electron chi connectivity index (χ1n) is 8.87. The summed E-state index contributed by atoms with van der Waals surface area (Å²) in [7, 11) is 0. The van der Waals surface area contributed by atoms with Crippen LogP contribution in [0.25, 0.3) is 21.7 Å². The standard InChI is InChI=1S/C23H14Br2N2O3/c1-2-9-29-20-8-7-14-5-3-4-6-17(14)18(20)13-26-27-23(28)21-11-15-10-16(24)12-19(25)22(15)30-21/h1,3-8,10-13H,9H2,(H,27,28)/b26-13-. The van der Waals surface area contributed by atoms with E-state index < -0.39 is 5.91 Å². The number of hydrogen-bond donors (Lipinski definition) is 1. The van der Waals surface area contributed by atoms with Crippen LogP contribution in [0.3, 0.4) is 0 Å². The third-order valence-corrected chi connectivity index (χ3v) is 5.41. The van der Waals surface area contributed by atoms with Gasteiger partial charge in [-0.1, -0.05) is 52.2 Å². The number of hydrogen-bond acceptors (Lipinski definition) is 4. The van der Waals surface area contributed by atoms with Crippen molar-refractivity contribution in [3.63, 3.8) is 0 Å². The van der Waals surface area contributed by atoms with E-state index in [4.69, 9.17) is 15.6 Å². The third kappa shape index (κ3) is 4.11. The molecule has 0 radical (unpaired) electrons. The van der Waals surface area contributed by atoms with Crippen LogP contribution in [0.5, 0.6) is 5.75 Å². The molecule has 1 amide bonds. The van der Waals surface area contributed by atoms with Crippen molar-refractivity contribution in [3.05, 3.63) is 74.9 Å². The van der Waals surface area contributed by atoms with Gasteiger partial charge in [0.2, 0.25) is 0 Å². The number of carbonyl (C=O) groups excluding carboxylic acids is 1. The number of fused-ring (bicyclic) bond motifs is 2. The number of ether oxygens (including phenoxy) is 1. The maximum atomic E-state index is 12.5. The molecule has 4 rings (SSSR count). The zero-order chi connectivity index (χ0) is 21.1. The molecule has 0 aliphatic rings. The number of rotatable bonds is 5. The molecule has 0 saturated heterocycles. The lowest BCUT2D eigenvalue weighted by molar-refractivity contribution is 0.0929. The predicted octanol–water partition coefficient (Wildman–Crippen LogP) is 5.89. The molecule has 1 aromatic heterocycles. The molecule has 4 aromatic rings. The summed E-state index contributed by atoms with van der Waals surface area (Å²) in [5.74, 6) is 2.73. The molecule has 1 heterocycles. The van der Waals surface area contributed by atoms with E-state index in [1.807, 2.05) is 48.5 Å². The van der Waals surface area contributed by atoms with Gasteiger partial charge in [0.05, 0.1) is 10.7 Å². The van der Waals surface area contributed by atoms with Gasteiger partial charge in [-0.15, -0.1) is 6.42 Å². The topological polar surface area (TPSA) is 63.8 Å². The number of furan rings is 1. The summed E-state index contributed by atoms with van der Waals surface area (Å²) in [6.07, 6.45) is 6.86. The number of hydrazone groups is 1. The quantitative estimate of drug-likeness (QED) is 0.201. The molecular weight excluding hydrogens is 512 g/mol. The molecule has 1 N–H and O–H groups in total. The molecular formula is C23H14Br2N2O3. The maximum absolute atomic E-state index is 12.5. The van der Waals surface area contributed by atoms with Crippen LogP contribution in [0.15, 0.2) is 73.1 Å². The van der Waals surface area contributed by atoms with Crippen molar-refractivity contribution in [3.8, 4) is 18.1 Å². The van der Waals surface area contributed by atoms with Crippen molar-refractivity contribution in [2.24, 2.45) is 5.10 Å². The number of nitrogens with one attached hydrogen (secondary N) is 1. The van der Waals surface area contributed by atoms with Crippen LogP contribution in [0.2, 0.25) is 0 Å². The number of halogens is 2. The molecule has 0 atom stereocenters. The Morgan fingerprint density at radius 1 is 1.17 bits per heavy atom. The van der Waals surface area contributed by atoms with Crippen LogP contribution in [-0.4, -0.2) is 18.7 Å². The fraction of sp³-hybridized carbons (Fsp3) is 0.0435. The third-order valence-electron chi connectivity index (χ3n) is 4.36. The number of carbonyl (C=O) groups is 1. The molecule has 0 aliphatic heterocycles. The summed E-state index contributed by atoms with van der Waals surface area (Å²) in [5, 5.41) is 6.86. The first kappa shape index (κ1) is 20.2. The average Bonchev–Trinajstić information content (AvgIpc) is 3.17. The van der Waals surface area contributed by atoms with Crippen LogP contribution in [-0.2, 0) is 0 Å². The van der Waals surface area contributed by atoms with Gasteiger partial charge in [-0.05, 0) is 51.0 Å². The van der Waals surface area contributed by atoms with Crippen LogP contribution < -0.4 is 10.2 Å². The van der Waals surface area contributed by atoms with Crippen molar-refractivity contribution in [1.82, 2.24) is 5.43 Å². The Labute approximate surface area is 189 Å². The Balaban J connectivity index is 1.61. The SMILES string of the molecule is C#CCOc1ccc2ccccc2c1/C=N\NC(=O)c1cc2cc(Br)cc(Br)c2o1. The molecule has 0 unspecified atom stereocenters. The number of benzene rings is 3. The minimum absolute atomic E-state index is 0.134. The molecule has 148 valence electrons. The number of nitrogens with zero attached hydrogens (tertiary/aromatic N) is 1. The molecule has 30 heavy (non-hydrogen) atoms. The monoisotopic (exact) mass is 524 g/mol. The molecule has 7 heteroatoms. The highest BCUT2D eigenvalue weighted by molar-refractivity contribution is 9.11. The average molecular weight is 526 g/mol. The maximum Gasteiger partial charge on any atom is 0.307 e. The van der Waals surface area contributed by atoms with Crippen molar-refractivity contribution in [2.45, 2.75) is 0 Å². The zero-order valence-electron chi connectivity index (χ0n) is 15.5. The first-order valence-corrected chi connectivity index (χ1v) is 10.5.